The smallest absolute Gasteiger partial charge is 0.0952 e. The second kappa shape index (κ2) is 9.77. The highest BCUT2D eigenvalue weighted by Gasteiger charge is 2.10. The Balaban J connectivity index is 3.12. The molecule has 0 heterocycles. The second-order valence-electron chi connectivity index (χ2n) is 7.80. The highest BCUT2D eigenvalue weighted by molar-refractivity contribution is 4.61. The van der Waals surface area contributed by atoms with Crippen LogP contribution in [0.5, 0.6) is 0 Å². The van der Waals surface area contributed by atoms with Crippen LogP contribution < -0.4 is 0 Å². The van der Waals surface area contributed by atoms with E-state index in [9.17, 15) is 0 Å². The maximum atomic E-state index is 5.22. The van der Waals surface area contributed by atoms with Gasteiger partial charge in [0.2, 0.25) is 0 Å². The van der Waals surface area contributed by atoms with Gasteiger partial charge in [0.1, 0.15) is 0 Å². The molecule has 0 aliphatic carbocycles. The van der Waals surface area contributed by atoms with Gasteiger partial charge in [0.15, 0.2) is 0 Å². The summed E-state index contributed by atoms with van der Waals surface area (Å²) in [6.45, 7) is 13.7. The molecule has 0 rings (SSSR count). The van der Waals surface area contributed by atoms with Crippen molar-refractivity contribution in [2.45, 2.75) is 98.5 Å². The molecule has 0 aromatic rings. The summed E-state index contributed by atoms with van der Waals surface area (Å²) in [7, 11) is 0. The molecule has 0 bridgehead atoms. The molecular formula is C17H36O2. The van der Waals surface area contributed by atoms with E-state index in [1.807, 2.05) is 20.8 Å². The number of unbranched alkanes of at least 4 members (excludes halogenated alkanes) is 6. The average Bonchev–Trinajstić information content (AvgIpc) is 2.22. The molecular weight excluding hydrogens is 236 g/mol. The normalized spacial score (nSPS) is 12.9. The van der Waals surface area contributed by atoms with Crippen LogP contribution in [0.4, 0.5) is 0 Å². The van der Waals surface area contributed by atoms with Gasteiger partial charge in [-0.15, -0.1) is 0 Å². The van der Waals surface area contributed by atoms with Gasteiger partial charge in [0.05, 0.1) is 12.2 Å². The van der Waals surface area contributed by atoms with Gasteiger partial charge >= 0.3 is 0 Å². The van der Waals surface area contributed by atoms with Gasteiger partial charge in [-0.05, 0) is 39.0 Å². The summed E-state index contributed by atoms with van der Waals surface area (Å²) in [5.41, 5.74) is 0.317. The van der Waals surface area contributed by atoms with Crippen molar-refractivity contribution in [2.24, 2.45) is 5.41 Å². The maximum absolute atomic E-state index is 5.22. The second-order valence-corrected chi connectivity index (χ2v) is 7.80. The highest BCUT2D eigenvalue weighted by Crippen LogP contribution is 2.22. The Morgan fingerprint density at radius 2 is 1.11 bits per heavy atom. The first-order valence-electron chi connectivity index (χ1n) is 8.01. The van der Waals surface area contributed by atoms with Crippen molar-refractivity contribution in [3.63, 3.8) is 0 Å². The first-order valence-corrected chi connectivity index (χ1v) is 8.01. The van der Waals surface area contributed by atoms with Crippen molar-refractivity contribution >= 4 is 0 Å². The van der Waals surface area contributed by atoms with E-state index in [1.54, 1.807) is 0 Å². The van der Waals surface area contributed by atoms with Crippen molar-refractivity contribution in [3.8, 4) is 0 Å². The van der Waals surface area contributed by atoms with Crippen LogP contribution in [0.15, 0.2) is 0 Å². The molecule has 0 atom stereocenters. The molecule has 0 amide bonds. The summed E-state index contributed by atoms with van der Waals surface area (Å²) >= 11 is 0. The summed E-state index contributed by atoms with van der Waals surface area (Å²) in [6, 6.07) is 0. The van der Waals surface area contributed by atoms with Gasteiger partial charge in [-0.3, -0.25) is 0 Å². The summed E-state index contributed by atoms with van der Waals surface area (Å²) < 4.78 is 0. The molecule has 2 heteroatoms. The summed E-state index contributed by atoms with van der Waals surface area (Å²) in [4.78, 5) is 10.4. The molecule has 0 aromatic heterocycles. The number of hydrogen-bond acceptors (Lipinski definition) is 2. The quantitative estimate of drug-likeness (QED) is 0.280. The van der Waals surface area contributed by atoms with E-state index in [4.69, 9.17) is 9.78 Å². The van der Waals surface area contributed by atoms with Crippen LogP contribution in [-0.4, -0.2) is 12.2 Å². The van der Waals surface area contributed by atoms with Gasteiger partial charge in [-0.1, -0.05) is 59.3 Å². The fraction of sp³-hybridized carbons (Fsp3) is 1.00. The van der Waals surface area contributed by atoms with E-state index < -0.39 is 0 Å². The minimum absolute atomic E-state index is 0.187. The number of hydrogen-bond donors (Lipinski definition) is 0. The van der Waals surface area contributed by atoms with Crippen molar-refractivity contribution in [1.82, 2.24) is 0 Å². The van der Waals surface area contributed by atoms with Crippen molar-refractivity contribution < 1.29 is 9.78 Å². The first kappa shape index (κ1) is 18.9. The molecule has 19 heavy (non-hydrogen) atoms. The Hall–Kier alpha value is -0.0800. The monoisotopic (exact) mass is 272 g/mol. The van der Waals surface area contributed by atoms with Crippen LogP contribution in [0, 0.1) is 5.41 Å². The molecule has 0 aliphatic rings. The van der Waals surface area contributed by atoms with Crippen LogP contribution in [0.3, 0.4) is 0 Å². The van der Waals surface area contributed by atoms with E-state index in [1.165, 1.54) is 44.9 Å². The average molecular weight is 272 g/mol. The third-order valence-corrected chi connectivity index (χ3v) is 2.96. The van der Waals surface area contributed by atoms with Crippen LogP contribution >= 0.6 is 0 Å². The minimum atomic E-state index is -0.187. The predicted molar refractivity (Wildman–Crippen MR) is 83.2 cm³/mol. The fourth-order valence-electron chi connectivity index (χ4n) is 1.92. The molecule has 0 aromatic carbocycles. The SMILES string of the molecule is CC(C)(C)CCCCCCCCCOOC(C)(C)C. The van der Waals surface area contributed by atoms with E-state index in [0.717, 1.165) is 13.0 Å². The van der Waals surface area contributed by atoms with Crippen LogP contribution in [-0.2, 0) is 9.78 Å². The lowest BCUT2D eigenvalue weighted by Gasteiger charge is -2.17. The maximum Gasteiger partial charge on any atom is 0.0952 e. The van der Waals surface area contributed by atoms with Crippen molar-refractivity contribution in [2.75, 3.05) is 6.61 Å². The molecule has 116 valence electrons. The first-order chi connectivity index (χ1) is 8.71. The zero-order valence-electron chi connectivity index (χ0n) is 14.2. The Morgan fingerprint density at radius 1 is 0.632 bits per heavy atom. The van der Waals surface area contributed by atoms with Gasteiger partial charge in [-0.2, -0.15) is 0 Å². The molecule has 0 aliphatic heterocycles. The summed E-state index contributed by atoms with van der Waals surface area (Å²) in [5, 5.41) is 0. The van der Waals surface area contributed by atoms with Crippen LogP contribution in [0.25, 0.3) is 0 Å². The third-order valence-electron chi connectivity index (χ3n) is 2.96. The molecule has 0 spiro atoms. The molecule has 0 saturated heterocycles. The fourth-order valence-corrected chi connectivity index (χ4v) is 1.92. The molecule has 0 saturated carbocycles. The van der Waals surface area contributed by atoms with Crippen molar-refractivity contribution in [1.29, 1.82) is 0 Å². The topological polar surface area (TPSA) is 18.5 Å². The zero-order chi connectivity index (χ0) is 14.8. The molecule has 0 N–H and O–H groups in total. The lowest BCUT2D eigenvalue weighted by molar-refractivity contribution is -0.348. The Bertz CT molecular complexity index is 176. The van der Waals surface area contributed by atoms with Crippen molar-refractivity contribution in [3.05, 3.63) is 0 Å². The predicted octanol–water partition coefficient (Wildman–Crippen LogP) is 5.90. The summed E-state index contributed by atoms with van der Waals surface area (Å²) in [5.74, 6) is 0. The Labute approximate surface area is 121 Å². The lowest BCUT2D eigenvalue weighted by Crippen LogP contribution is -2.19. The van der Waals surface area contributed by atoms with E-state index >= 15 is 0 Å². The lowest BCUT2D eigenvalue weighted by atomic mass is 9.89. The van der Waals surface area contributed by atoms with Gasteiger partial charge < -0.3 is 0 Å². The Morgan fingerprint density at radius 3 is 1.58 bits per heavy atom. The highest BCUT2D eigenvalue weighted by atomic mass is 17.2. The van der Waals surface area contributed by atoms with Crippen LogP contribution in [0.2, 0.25) is 0 Å². The summed E-state index contributed by atoms with van der Waals surface area (Å²) in [6.07, 6.45) is 10.6. The minimum Gasteiger partial charge on any atom is -0.236 e. The molecule has 0 radical (unpaired) electrons. The van der Waals surface area contributed by atoms with E-state index in [-0.39, 0.29) is 5.60 Å². The standard InChI is InChI=1S/C17H36O2/c1-16(2,3)14-12-10-8-7-9-11-13-15-18-19-17(4,5)6/h7-15H2,1-6H3. The van der Waals surface area contributed by atoms with E-state index in [0.29, 0.717) is 5.41 Å². The van der Waals surface area contributed by atoms with Gasteiger partial charge in [-0.25, -0.2) is 9.78 Å². The number of rotatable bonds is 10. The largest absolute Gasteiger partial charge is 0.236 e. The van der Waals surface area contributed by atoms with E-state index in [2.05, 4.69) is 20.8 Å². The molecule has 2 nitrogen and oxygen atoms in total. The zero-order valence-corrected chi connectivity index (χ0v) is 14.2. The molecule has 0 fully saturated rings. The van der Waals surface area contributed by atoms with Gasteiger partial charge in [0.25, 0.3) is 0 Å². The van der Waals surface area contributed by atoms with Gasteiger partial charge in [0, 0.05) is 0 Å². The molecule has 0 unspecified atom stereocenters. The third kappa shape index (κ3) is 17.9. The van der Waals surface area contributed by atoms with Crippen LogP contribution in [0.1, 0.15) is 92.9 Å². The Kier molecular flexibility index (Phi) is 9.72.